The van der Waals surface area contributed by atoms with Crippen LogP contribution in [0.5, 0.6) is 0 Å². The number of amides is 3. The Morgan fingerprint density at radius 1 is 1.16 bits per heavy atom. The van der Waals surface area contributed by atoms with Crippen molar-refractivity contribution in [3.63, 3.8) is 0 Å². The van der Waals surface area contributed by atoms with Gasteiger partial charge >= 0.3 is 6.03 Å². The fourth-order valence-corrected chi connectivity index (χ4v) is 4.53. The number of piperidine rings is 1. The number of nitrogens with one attached hydrogen (secondary N) is 2. The molecule has 0 spiro atoms. The van der Waals surface area contributed by atoms with Gasteiger partial charge in [0.1, 0.15) is 10.8 Å². The molecule has 3 aromatic rings. The lowest BCUT2D eigenvalue weighted by atomic mass is 9.99. The van der Waals surface area contributed by atoms with Crippen LogP contribution in [0.25, 0.3) is 0 Å². The number of halogens is 2. The minimum atomic E-state index is -0.401. The van der Waals surface area contributed by atoms with Crippen molar-refractivity contribution in [2.24, 2.45) is 0 Å². The van der Waals surface area contributed by atoms with Crippen LogP contribution in [0.4, 0.5) is 20.6 Å². The van der Waals surface area contributed by atoms with Crippen molar-refractivity contribution in [2.45, 2.75) is 25.7 Å². The molecule has 2 N–H and O–H groups in total. The number of aryl methyl sites for hydroxylation is 1. The lowest BCUT2D eigenvalue weighted by Crippen LogP contribution is -2.41. The number of anilines is 2. The Morgan fingerprint density at radius 2 is 1.94 bits per heavy atom. The molecule has 1 atom stereocenters. The molecule has 1 unspecified atom stereocenters. The van der Waals surface area contributed by atoms with Crippen molar-refractivity contribution in [3.8, 4) is 0 Å². The van der Waals surface area contributed by atoms with E-state index >= 15 is 0 Å². The van der Waals surface area contributed by atoms with Crippen LogP contribution >= 0.6 is 22.9 Å². The van der Waals surface area contributed by atoms with Gasteiger partial charge in [0.25, 0.3) is 5.91 Å². The lowest BCUT2D eigenvalue weighted by Gasteiger charge is -2.31. The molecule has 32 heavy (non-hydrogen) atoms. The van der Waals surface area contributed by atoms with E-state index in [4.69, 9.17) is 11.6 Å². The molecule has 1 aliphatic rings. The summed E-state index contributed by atoms with van der Waals surface area (Å²) >= 11 is 7.25. The number of rotatable bonds is 4. The Labute approximate surface area is 193 Å². The van der Waals surface area contributed by atoms with Crippen LogP contribution in [0.1, 0.15) is 39.1 Å². The summed E-state index contributed by atoms with van der Waals surface area (Å²) in [6, 6.07) is 10.7. The van der Waals surface area contributed by atoms with Crippen LogP contribution < -0.4 is 10.6 Å². The van der Waals surface area contributed by atoms with Gasteiger partial charge in [-0.05, 0) is 61.7 Å². The van der Waals surface area contributed by atoms with Gasteiger partial charge in [0.05, 0.1) is 0 Å². The maximum Gasteiger partial charge on any atom is 0.321 e. The molecular formula is C22H21ClFN5O2S. The maximum absolute atomic E-state index is 13.0. The zero-order valence-electron chi connectivity index (χ0n) is 17.3. The molecule has 0 bridgehead atoms. The molecular weight excluding hydrogens is 453 g/mol. The second-order valence-electron chi connectivity index (χ2n) is 7.58. The fraction of sp³-hybridized carbons (Fsp3) is 0.273. The molecule has 1 saturated heterocycles. The zero-order chi connectivity index (χ0) is 22.7. The summed E-state index contributed by atoms with van der Waals surface area (Å²) in [6.07, 6.45) is 1.68. The quantitative estimate of drug-likeness (QED) is 0.538. The first kappa shape index (κ1) is 22.2. The van der Waals surface area contributed by atoms with Crippen molar-refractivity contribution >= 4 is 46.3 Å². The number of likely N-dealkylation sites (tertiary alicyclic amines) is 1. The number of aromatic nitrogens is 2. The molecule has 4 rings (SSSR count). The number of benzene rings is 2. The van der Waals surface area contributed by atoms with E-state index in [0.717, 1.165) is 18.4 Å². The lowest BCUT2D eigenvalue weighted by molar-refractivity contribution is 0.102. The Bertz CT molecular complexity index is 1140. The molecule has 2 heterocycles. The largest absolute Gasteiger partial charge is 0.324 e. The third kappa shape index (κ3) is 5.23. The molecule has 0 aliphatic carbocycles. The number of carbonyl (C=O) groups is 2. The van der Waals surface area contributed by atoms with Crippen LogP contribution in [0.15, 0.2) is 42.5 Å². The van der Waals surface area contributed by atoms with E-state index in [1.54, 1.807) is 17.0 Å². The first-order chi connectivity index (χ1) is 15.4. The molecule has 2 aromatic carbocycles. The van der Waals surface area contributed by atoms with E-state index < -0.39 is 5.91 Å². The number of nitrogens with zero attached hydrogens (tertiary/aromatic N) is 3. The van der Waals surface area contributed by atoms with E-state index in [-0.39, 0.29) is 22.8 Å². The third-order valence-corrected chi connectivity index (χ3v) is 6.56. The summed E-state index contributed by atoms with van der Waals surface area (Å²) in [5.41, 5.74) is 2.09. The van der Waals surface area contributed by atoms with Crippen molar-refractivity contribution in [1.29, 1.82) is 0 Å². The average molecular weight is 474 g/mol. The Kier molecular flexibility index (Phi) is 6.66. The first-order valence-corrected chi connectivity index (χ1v) is 11.3. The van der Waals surface area contributed by atoms with Crippen molar-refractivity contribution < 1.29 is 14.0 Å². The van der Waals surface area contributed by atoms with Crippen LogP contribution in [-0.4, -0.2) is 40.1 Å². The van der Waals surface area contributed by atoms with Crippen LogP contribution in [0, 0.1) is 12.7 Å². The number of hydrogen-bond donors (Lipinski definition) is 2. The predicted molar refractivity (Wildman–Crippen MR) is 123 cm³/mol. The molecule has 1 fully saturated rings. The third-order valence-electron chi connectivity index (χ3n) is 5.24. The molecule has 10 heteroatoms. The van der Waals surface area contributed by atoms with Crippen LogP contribution in [-0.2, 0) is 0 Å². The summed E-state index contributed by atoms with van der Waals surface area (Å²) < 4.78 is 13.0. The topological polar surface area (TPSA) is 87.2 Å². The highest BCUT2D eigenvalue weighted by atomic mass is 35.5. The summed E-state index contributed by atoms with van der Waals surface area (Å²) in [5.74, 6) is -0.778. The summed E-state index contributed by atoms with van der Waals surface area (Å²) in [4.78, 5) is 27.0. The molecule has 0 saturated carbocycles. The normalized spacial score (nSPS) is 16.0. The molecule has 166 valence electrons. The number of carbonyl (C=O) groups excluding carboxylic acids is 2. The highest BCUT2D eigenvalue weighted by molar-refractivity contribution is 7.13. The Balaban J connectivity index is 1.39. The standard InChI is InChI=1S/C22H21ClFN5O2S/c1-13-4-5-15(23)11-18(13)26-22(31)29-10-2-3-14(12-29)20-27-28-21(32-20)19(30)25-17-8-6-16(24)7-9-17/h4-9,11,14H,2-3,10,12H2,1H3,(H,25,30)(H,26,31). The highest BCUT2D eigenvalue weighted by Crippen LogP contribution is 2.30. The van der Waals surface area contributed by atoms with Crippen molar-refractivity contribution in [2.75, 3.05) is 23.7 Å². The van der Waals surface area contributed by atoms with Gasteiger partial charge < -0.3 is 15.5 Å². The first-order valence-electron chi connectivity index (χ1n) is 10.1. The van der Waals surface area contributed by atoms with Gasteiger partial charge in [0.2, 0.25) is 5.01 Å². The molecule has 1 aromatic heterocycles. The van der Waals surface area contributed by atoms with E-state index in [9.17, 15) is 14.0 Å². The van der Waals surface area contributed by atoms with Gasteiger partial charge in [-0.1, -0.05) is 29.0 Å². The second kappa shape index (κ2) is 9.62. The summed E-state index contributed by atoms with van der Waals surface area (Å²) in [5, 5.41) is 15.3. The SMILES string of the molecule is Cc1ccc(Cl)cc1NC(=O)N1CCCC(c2nnc(C(=O)Nc3ccc(F)cc3)s2)C1. The van der Waals surface area contributed by atoms with Gasteiger partial charge in [-0.3, -0.25) is 4.79 Å². The van der Waals surface area contributed by atoms with Crippen molar-refractivity contribution in [3.05, 3.63) is 68.9 Å². The minimum Gasteiger partial charge on any atom is -0.324 e. The predicted octanol–water partition coefficient (Wildman–Crippen LogP) is 5.30. The van der Waals surface area contributed by atoms with E-state index in [1.807, 2.05) is 13.0 Å². The number of urea groups is 1. The Morgan fingerprint density at radius 3 is 2.72 bits per heavy atom. The van der Waals surface area contributed by atoms with Gasteiger partial charge in [-0.2, -0.15) is 0 Å². The van der Waals surface area contributed by atoms with Crippen molar-refractivity contribution in [1.82, 2.24) is 15.1 Å². The van der Waals surface area contributed by atoms with Gasteiger partial charge in [0, 0.05) is 35.4 Å². The molecule has 3 amide bonds. The van der Waals surface area contributed by atoms with Crippen LogP contribution in [0.2, 0.25) is 5.02 Å². The summed E-state index contributed by atoms with van der Waals surface area (Å²) in [6.45, 7) is 3.03. The molecule has 1 aliphatic heterocycles. The number of hydrogen-bond acceptors (Lipinski definition) is 5. The fourth-order valence-electron chi connectivity index (χ4n) is 3.50. The molecule has 7 nitrogen and oxygen atoms in total. The minimum absolute atomic E-state index is 0.000158. The van der Waals surface area contributed by atoms with Gasteiger partial charge in [0.15, 0.2) is 0 Å². The average Bonchev–Trinajstić information content (AvgIpc) is 3.28. The maximum atomic E-state index is 13.0. The second-order valence-corrected chi connectivity index (χ2v) is 9.03. The summed E-state index contributed by atoms with van der Waals surface area (Å²) in [7, 11) is 0. The highest BCUT2D eigenvalue weighted by Gasteiger charge is 2.28. The van der Waals surface area contributed by atoms with Crippen LogP contribution in [0.3, 0.4) is 0 Å². The Hall–Kier alpha value is -3.04. The van der Waals surface area contributed by atoms with E-state index in [0.29, 0.717) is 34.5 Å². The smallest absolute Gasteiger partial charge is 0.321 e. The van der Waals surface area contributed by atoms with Gasteiger partial charge in [-0.25, -0.2) is 9.18 Å². The van der Waals surface area contributed by atoms with E-state index in [1.165, 1.54) is 35.6 Å². The van der Waals surface area contributed by atoms with E-state index in [2.05, 4.69) is 20.8 Å². The molecule has 0 radical (unpaired) electrons. The van der Waals surface area contributed by atoms with Gasteiger partial charge in [-0.15, -0.1) is 10.2 Å². The monoisotopic (exact) mass is 473 g/mol. The zero-order valence-corrected chi connectivity index (χ0v) is 18.8.